The maximum atomic E-state index is 12.5. The van der Waals surface area contributed by atoms with E-state index < -0.39 is 42.7 Å². The SMILES string of the molecule is CC(C)(CCS(=O)(=O)O)C1C(=CC=C2CCCC(C=CC(CS(=O)(=O)O)C(C)(C)C3C=Nc4ccc5ccccc5c43)=C2Cl)Nc2ccc3ccccc3c21. The molecular weight excluding hydrogens is 752 g/mol. The van der Waals surface area contributed by atoms with Gasteiger partial charge in [0.05, 0.1) is 17.2 Å². The number of hydrogen-bond donors (Lipinski definition) is 3. The van der Waals surface area contributed by atoms with Crippen LogP contribution in [0, 0.1) is 16.7 Å². The predicted octanol–water partition coefficient (Wildman–Crippen LogP) is 10.9. The van der Waals surface area contributed by atoms with Crippen LogP contribution < -0.4 is 5.32 Å². The van der Waals surface area contributed by atoms with E-state index in [9.17, 15) is 25.9 Å². The summed E-state index contributed by atoms with van der Waals surface area (Å²) < 4.78 is 68.4. The molecule has 0 saturated carbocycles. The molecule has 0 saturated heterocycles. The minimum Gasteiger partial charge on any atom is -0.358 e. The highest BCUT2D eigenvalue weighted by molar-refractivity contribution is 7.86. The number of halogens is 1. The van der Waals surface area contributed by atoms with Gasteiger partial charge in [0.1, 0.15) is 0 Å². The Balaban J connectivity index is 1.23. The van der Waals surface area contributed by atoms with E-state index in [1.165, 1.54) is 0 Å². The first-order valence-corrected chi connectivity index (χ1v) is 22.3. The molecule has 11 heteroatoms. The van der Waals surface area contributed by atoms with Crippen LogP contribution in [0.15, 0.2) is 124 Å². The fraction of sp³-hybridized carbons (Fsp3) is 0.341. The second-order valence-corrected chi connectivity index (χ2v) is 19.8. The molecule has 0 amide bonds. The Morgan fingerprint density at radius 2 is 1.51 bits per heavy atom. The first-order chi connectivity index (χ1) is 25.9. The average molecular weight is 799 g/mol. The largest absolute Gasteiger partial charge is 0.358 e. The van der Waals surface area contributed by atoms with Crippen molar-refractivity contribution >= 4 is 71.0 Å². The molecule has 0 radical (unpaired) electrons. The van der Waals surface area contributed by atoms with E-state index in [2.05, 4.69) is 41.7 Å². The number of anilines is 1. The second kappa shape index (κ2) is 14.8. The van der Waals surface area contributed by atoms with Gasteiger partial charge in [-0.2, -0.15) is 16.8 Å². The molecule has 4 aromatic rings. The Morgan fingerprint density at radius 1 is 0.855 bits per heavy atom. The van der Waals surface area contributed by atoms with Crippen LogP contribution in [0.1, 0.15) is 76.3 Å². The van der Waals surface area contributed by atoms with Crippen molar-refractivity contribution < 1.29 is 25.9 Å². The number of benzene rings is 4. The summed E-state index contributed by atoms with van der Waals surface area (Å²) in [5.41, 5.74) is 5.50. The zero-order valence-corrected chi connectivity index (χ0v) is 33.8. The highest BCUT2D eigenvalue weighted by Gasteiger charge is 2.42. The highest BCUT2D eigenvalue weighted by Crippen LogP contribution is 2.53. The smallest absolute Gasteiger partial charge is 0.265 e. The molecule has 0 aromatic heterocycles. The molecule has 3 atom stereocenters. The first kappa shape index (κ1) is 39.2. The van der Waals surface area contributed by atoms with Gasteiger partial charge in [0.2, 0.25) is 0 Å². The summed E-state index contributed by atoms with van der Waals surface area (Å²) in [6.45, 7) is 8.11. The molecule has 55 heavy (non-hydrogen) atoms. The number of rotatable bonds is 11. The molecule has 2 aliphatic heterocycles. The van der Waals surface area contributed by atoms with E-state index in [0.29, 0.717) is 11.5 Å². The molecule has 2 heterocycles. The van der Waals surface area contributed by atoms with E-state index >= 15 is 0 Å². The van der Waals surface area contributed by atoms with E-state index in [0.717, 1.165) is 73.7 Å². The minimum atomic E-state index is -4.34. The van der Waals surface area contributed by atoms with Crippen LogP contribution in [0.25, 0.3) is 21.5 Å². The molecule has 1 aliphatic carbocycles. The van der Waals surface area contributed by atoms with Crippen molar-refractivity contribution in [3.05, 3.63) is 130 Å². The second-order valence-electron chi connectivity index (χ2n) is 16.3. The van der Waals surface area contributed by atoms with Crippen LogP contribution in [0.3, 0.4) is 0 Å². The van der Waals surface area contributed by atoms with Gasteiger partial charge in [-0.05, 0) is 104 Å². The number of allylic oxidation sites excluding steroid dienone is 8. The first-order valence-electron chi connectivity index (χ1n) is 18.7. The molecule has 3 unspecified atom stereocenters. The summed E-state index contributed by atoms with van der Waals surface area (Å²) >= 11 is 7.14. The van der Waals surface area contributed by atoms with Crippen molar-refractivity contribution in [1.29, 1.82) is 0 Å². The lowest BCUT2D eigenvalue weighted by atomic mass is 9.67. The van der Waals surface area contributed by atoms with Crippen LogP contribution >= 0.6 is 11.6 Å². The van der Waals surface area contributed by atoms with Gasteiger partial charge >= 0.3 is 0 Å². The monoisotopic (exact) mass is 798 g/mol. The van der Waals surface area contributed by atoms with E-state index in [-0.39, 0.29) is 24.0 Å². The molecule has 3 N–H and O–H groups in total. The molecule has 0 spiro atoms. The summed E-state index contributed by atoms with van der Waals surface area (Å²) in [4.78, 5) is 4.72. The third-order valence-electron chi connectivity index (χ3n) is 11.9. The molecule has 4 aromatic carbocycles. The highest BCUT2D eigenvalue weighted by atomic mass is 35.5. The normalized spacial score (nSPS) is 21.2. The maximum Gasteiger partial charge on any atom is 0.265 e. The van der Waals surface area contributed by atoms with Gasteiger partial charge in [0, 0.05) is 34.5 Å². The van der Waals surface area contributed by atoms with Gasteiger partial charge in [0.15, 0.2) is 0 Å². The molecule has 0 bridgehead atoms. The summed E-state index contributed by atoms with van der Waals surface area (Å²) in [5, 5.41) is 8.54. The Hall–Kier alpha value is -4.06. The lowest BCUT2D eigenvalue weighted by Gasteiger charge is -2.37. The third kappa shape index (κ3) is 8.11. The van der Waals surface area contributed by atoms with E-state index in [1.807, 2.05) is 94.6 Å². The molecule has 7 rings (SSSR count). The van der Waals surface area contributed by atoms with Crippen LogP contribution in [-0.2, 0) is 20.2 Å². The summed E-state index contributed by atoms with van der Waals surface area (Å²) in [5.74, 6) is -1.75. The Morgan fingerprint density at radius 3 is 2.18 bits per heavy atom. The van der Waals surface area contributed by atoms with Gasteiger partial charge in [-0.25, -0.2) is 0 Å². The molecular formula is C44H47ClN2O6S2. The predicted molar refractivity (Wildman–Crippen MR) is 226 cm³/mol. The van der Waals surface area contributed by atoms with E-state index in [1.54, 1.807) is 0 Å². The zero-order valence-electron chi connectivity index (χ0n) is 31.5. The topological polar surface area (TPSA) is 133 Å². The number of aliphatic imine (C=N–C) groups is 1. The van der Waals surface area contributed by atoms with Gasteiger partial charge in [-0.1, -0.05) is 118 Å². The third-order valence-corrected chi connectivity index (χ3v) is 13.8. The average Bonchev–Trinajstić information content (AvgIpc) is 3.75. The van der Waals surface area contributed by atoms with Crippen molar-refractivity contribution in [2.75, 3.05) is 16.8 Å². The van der Waals surface area contributed by atoms with Gasteiger partial charge in [-0.3, -0.25) is 14.1 Å². The summed E-state index contributed by atoms with van der Waals surface area (Å²) in [7, 11) is -8.50. The van der Waals surface area contributed by atoms with Crippen LogP contribution in [0.2, 0.25) is 0 Å². The fourth-order valence-corrected chi connectivity index (χ4v) is 10.8. The maximum absolute atomic E-state index is 12.5. The number of fused-ring (bicyclic) bond motifs is 6. The molecule has 8 nitrogen and oxygen atoms in total. The summed E-state index contributed by atoms with van der Waals surface area (Å²) in [6.07, 6.45) is 12.3. The Kier molecular flexibility index (Phi) is 10.5. The van der Waals surface area contributed by atoms with Crippen molar-refractivity contribution in [2.24, 2.45) is 21.7 Å². The van der Waals surface area contributed by atoms with Crippen molar-refractivity contribution in [3.8, 4) is 0 Å². The number of nitrogens with one attached hydrogen (secondary N) is 1. The van der Waals surface area contributed by atoms with Crippen molar-refractivity contribution in [3.63, 3.8) is 0 Å². The fourth-order valence-electron chi connectivity index (χ4n) is 8.71. The van der Waals surface area contributed by atoms with Crippen LogP contribution in [0.4, 0.5) is 11.4 Å². The molecule has 288 valence electrons. The van der Waals surface area contributed by atoms with Crippen LogP contribution in [0.5, 0.6) is 0 Å². The lowest BCUT2D eigenvalue weighted by molar-refractivity contribution is 0.260. The Labute approximate surface area is 329 Å². The number of hydrogen-bond acceptors (Lipinski definition) is 6. The van der Waals surface area contributed by atoms with Gasteiger partial charge in [-0.15, -0.1) is 0 Å². The quantitative estimate of drug-likeness (QED) is 0.129. The number of nitrogens with zero attached hydrogens (tertiary/aromatic N) is 1. The minimum absolute atomic E-state index is 0.192. The summed E-state index contributed by atoms with van der Waals surface area (Å²) in [6, 6.07) is 24.4. The van der Waals surface area contributed by atoms with Crippen LogP contribution in [-0.4, -0.2) is 43.7 Å². The lowest BCUT2D eigenvalue weighted by Crippen LogP contribution is -2.34. The molecule has 0 fully saturated rings. The van der Waals surface area contributed by atoms with Gasteiger partial charge < -0.3 is 5.32 Å². The van der Waals surface area contributed by atoms with Crippen molar-refractivity contribution in [2.45, 2.75) is 65.2 Å². The van der Waals surface area contributed by atoms with Crippen molar-refractivity contribution in [1.82, 2.24) is 0 Å². The molecule has 3 aliphatic rings. The van der Waals surface area contributed by atoms with E-state index in [4.69, 9.17) is 16.6 Å². The standard InChI is InChI=1S/C44H47ClN2O6S2/c1-43(2,24-25-54(48,49)50)41-38(47-37-22-18-29-11-6-8-15-34(29)40(37)41)23-19-31-13-9-12-30(42(31)45)16-20-32(27-55(51,52)53)44(3,4)35-26-46-36-21-17-28-10-5-7-14-33(28)39(35)36/h5-8,10-11,14-23,26,32,35,41,47H,9,12-13,24-25,27H2,1-4H3,(H,48,49,50)(H,51,52,53). The Bertz CT molecular complexity index is 2570. The zero-order chi connectivity index (χ0) is 39.3. The van der Waals surface area contributed by atoms with Gasteiger partial charge in [0.25, 0.3) is 20.2 Å².